The van der Waals surface area contributed by atoms with Crippen LogP contribution in [-0.2, 0) is 14.3 Å². The number of hydrogen-bond acceptors (Lipinski definition) is 3. The van der Waals surface area contributed by atoms with Crippen LogP contribution in [0, 0.1) is 5.92 Å². The van der Waals surface area contributed by atoms with Crippen LogP contribution < -0.4 is 0 Å². The zero-order chi connectivity index (χ0) is 7.72. The lowest BCUT2D eigenvalue weighted by molar-refractivity contribution is -0.219. The minimum absolute atomic E-state index is 0.0174. The molecule has 1 saturated heterocycles. The third kappa shape index (κ3) is 1.29. The second kappa shape index (κ2) is 2.58. The van der Waals surface area contributed by atoms with Crippen molar-refractivity contribution in [3.63, 3.8) is 0 Å². The Morgan fingerprint density at radius 1 is 1.30 bits per heavy atom. The number of hydrogen-bond donors (Lipinski definition) is 0. The molecule has 0 aromatic carbocycles. The fraction of sp³-hybridized carbons (Fsp3) is 0.857. The normalized spacial score (nSPS) is 41.1. The molecule has 0 bridgehead atoms. The Morgan fingerprint density at radius 2 is 1.90 bits per heavy atom. The fourth-order valence-corrected chi connectivity index (χ4v) is 0.910. The van der Waals surface area contributed by atoms with Gasteiger partial charge in [0.2, 0.25) is 0 Å². The zero-order valence-corrected chi connectivity index (χ0v) is 6.46. The SMILES string of the molecule is C[C@@H]1OC(=O)[C@@H](C)[C@H](C)O1. The Bertz CT molecular complexity index is 144. The van der Waals surface area contributed by atoms with Gasteiger partial charge in [-0.25, -0.2) is 0 Å². The molecule has 1 fully saturated rings. The van der Waals surface area contributed by atoms with Crippen LogP contribution in [0.2, 0.25) is 0 Å². The highest BCUT2D eigenvalue weighted by Gasteiger charge is 2.30. The molecule has 3 atom stereocenters. The number of cyclic esters (lactones) is 1. The Morgan fingerprint density at radius 3 is 2.40 bits per heavy atom. The smallest absolute Gasteiger partial charge is 0.313 e. The predicted octanol–water partition coefficient (Wildman–Crippen LogP) is 0.930. The molecule has 0 saturated carbocycles. The first-order chi connectivity index (χ1) is 4.61. The van der Waals surface area contributed by atoms with Gasteiger partial charge in [-0.05, 0) is 20.8 Å². The molecule has 1 heterocycles. The maximum Gasteiger partial charge on any atom is 0.313 e. The molecule has 0 radical (unpaired) electrons. The standard InChI is InChI=1S/C7H12O3/c1-4-5(2)9-6(3)10-7(4)8/h4-6H,1-3H3/t4-,5-,6-/m0/s1. The number of carbonyl (C=O) groups is 1. The van der Waals surface area contributed by atoms with Crippen molar-refractivity contribution in [2.75, 3.05) is 0 Å². The molecule has 0 spiro atoms. The molecule has 10 heavy (non-hydrogen) atoms. The summed E-state index contributed by atoms with van der Waals surface area (Å²) in [6.07, 6.45) is -0.394. The monoisotopic (exact) mass is 144 g/mol. The number of rotatable bonds is 0. The Hall–Kier alpha value is -0.570. The topological polar surface area (TPSA) is 35.5 Å². The van der Waals surface area contributed by atoms with Crippen molar-refractivity contribution >= 4 is 5.97 Å². The fourth-order valence-electron chi connectivity index (χ4n) is 0.910. The summed E-state index contributed by atoms with van der Waals surface area (Å²) in [7, 11) is 0. The van der Waals surface area contributed by atoms with E-state index in [9.17, 15) is 4.79 Å². The van der Waals surface area contributed by atoms with E-state index in [1.807, 2.05) is 6.92 Å². The first kappa shape index (κ1) is 7.54. The van der Waals surface area contributed by atoms with Crippen LogP contribution in [0.1, 0.15) is 20.8 Å². The summed E-state index contributed by atoms with van der Waals surface area (Å²) in [5.41, 5.74) is 0. The van der Waals surface area contributed by atoms with Crippen LogP contribution in [0.15, 0.2) is 0 Å². The van der Waals surface area contributed by atoms with E-state index in [1.165, 1.54) is 0 Å². The first-order valence-corrected chi connectivity index (χ1v) is 3.47. The van der Waals surface area contributed by atoms with Crippen molar-refractivity contribution in [1.82, 2.24) is 0 Å². The van der Waals surface area contributed by atoms with Gasteiger partial charge < -0.3 is 9.47 Å². The summed E-state index contributed by atoms with van der Waals surface area (Å²) in [5, 5.41) is 0. The van der Waals surface area contributed by atoms with Gasteiger partial charge in [-0.3, -0.25) is 4.79 Å². The maximum atomic E-state index is 10.9. The summed E-state index contributed by atoms with van der Waals surface area (Å²) in [4.78, 5) is 10.9. The molecular formula is C7H12O3. The van der Waals surface area contributed by atoms with Crippen LogP contribution >= 0.6 is 0 Å². The summed E-state index contributed by atoms with van der Waals surface area (Å²) < 4.78 is 10.0. The van der Waals surface area contributed by atoms with Gasteiger partial charge in [0.15, 0.2) is 6.29 Å². The second-order valence-electron chi connectivity index (χ2n) is 2.63. The number of ether oxygens (including phenoxy) is 2. The zero-order valence-electron chi connectivity index (χ0n) is 6.46. The van der Waals surface area contributed by atoms with E-state index in [2.05, 4.69) is 0 Å². The average molecular weight is 144 g/mol. The molecule has 1 aliphatic heterocycles. The molecule has 0 aromatic rings. The minimum atomic E-state index is -0.376. The molecule has 0 aromatic heterocycles. The Balaban J connectivity index is 2.57. The molecule has 0 unspecified atom stereocenters. The van der Waals surface area contributed by atoms with Crippen molar-refractivity contribution < 1.29 is 14.3 Å². The van der Waals surface area contributed by atoms with Gasteiger partial charge in [-0.2, -0.15) is 0 Å². The van der Waals surface area contributed by atoms with Crippen molar-refractivity contribution in [2.45, 2.75) is 33.2 Å². The molecule has 1 aliphatic rings. The minimum Gasteiger partial charge on any atom is -0.436 e. The highest BCUT2D eigenvalue weighted by Crippen LogP contribution is 2.18. The highest BCUT2D eigenvalue weighted by molar-refractivity contribution is 5.73. The summed E-state index contributed by atoms with van der Waals surface area (Å²) in [5.74, 6) is -0.289. The lowest BCUT2D eigenvalue weighted by Gasteiger charge is -2.29. The quantitative estimate of drug-likeness (QED) is 0.474. The Kier molecular flexibility index (Phi) is 1.94. The summed E-state index contributed by atoms with van der Waals surface area (Å²) in [6, 6.07) is 0. The predicted molar refractivity (Wildman–Crippen MR) is 35.3 cm³/mol. The van der Waals surface area contributed by atoms with Crippen LogP contribution in [0.3, 0.4) is 0 Å². The van der Waals surface area contributed by atoms with E-state index in [0.717, 1.165) is 0 Å². The van der Waals surface area contributed by atoms with Gasteiger partial charge in [-0.15, -0.1) is 0 Å². The molecule has 0 aliphatic carbocycles. The third-order valence-corrected chi connectivity index (χ3v) is 1.76. The summed E-state index contributed by atoms with van der Waals surface area (Å²) >= 11 is 0. The van der Waals surface area contributed by atoms with Gasteiger partial charge in [-0.1, -0.05) is 0 Å². The van der Waals surface area contributed by atoms with Gasteiger partial charge in [0.1, 0.15) is 0 Å². The van der Waals surface area contributed by atoms with E-state index in [1.54, 1.807) is 13.8 Å². The lowest BCUT2D eigenvalue weighted by Crippen LogP contribution is -2.39. The molecule has 0 N–H and O–H groups in total. The van der Waals surface area contributed by atoms with Gasteiger partial charge >= 0.3 is 5.97 Å². The first-order valence-electron chi connectivity index (χ1n) is 3.47. The largest absolute Gasteiger partial charge is 0.436 e. The maximum absolute atomic E-state index is 10.9. The third-order valence-electron chi connectivity index (χ3n) is 1.76. The van der Waals surface area contributed by atoms with E-state index in [4.69, 9.17) is 9.47 Å². The van der Waals surface area contributed by atoms with Crippen molar-refractivity contribution in [1.29, 1.82) is 0 Å². The lowest BCUT2D eigenvalue weighted by atomic mass is 10.1. The van der Waals surface area contributed by atoms with Crippen LogP contribution in [-0.4, -0.2) is 18.4 Å². The van der Waals surface area contributed by atoms with Crippen LogP contribution in [0.5, 0.6) is 0 Å². The van der Waals surface area contributed by atoms with E-state index in [-0.39, 0.29) is 24.3 Å². The van der Waals surface area contributed by atoms with Crippen molar-refractivity contribution in [2.24, 2.45) is 5.92 Å². The highest BCUT2D eigenvalue weighted by atomic mass is 16.7. The average Bonchev–Trinajstić information content (AvgIpc) is 1.82. The van der Waals surface area contributed by atoms with Gasteiger partial charge in [0, 0.05) is 0 Å². The van der Waals surface area contributed by atoms with Crippen molar-refractivity contribution in [3.8, 4) is 0 Å². The summed E-state index contributed by atoms with van der Waals surface area (Å²) in [6.45, 7) is 5.40. The van der Waals surface area contributed by atoms with Crippen molar-refractivity contribution in [3.05, 3.63) is 0 Å². The van der Waals surface area contributed by atoms with Crippen LogP contribution in [0.4, 0.5) is 0 Å². The molecule has 1 rings (SSSR count). The second-order valence-corrected chi connectivity index (χ2v) is 2.63. The molecule has 0 amide bonds. The Labute approximate surface area is 60.3 Å². The molecule has 58 valence electrons. The number of carbonyl (C=O) groups excluding carboxylic acids is 1. The molecule has 3 heteroatoms. The van der Waals surface area contributed by atoms with E-state index >= 15 is 0 Å². The molecular weight excluding hydrogens is 132 g/mol. The van der Waals surface area contributed by atoms with E-state index < -0.39 is 0 Å². The van der Waals surface area contributed by atoms with Gasteiger partial charge in [0.25, 0.3) is 0 Å². The van der Waals surface area contributed by atoms with E-state index in [0.29, 0.717) is 0 Å². The van der Waals surface area contributed by atoms with Gasteiger partial charge in [0.05, 0.1) is 12.0 Å². The van der Waals surface area contributed by atoms with Crippen LogP contribution in [0.25, 0.3) is 0 Å². The number of esters is 1. The molecule has 3 nitrogen and oxygen atoms in total.